The molecule has 1 aromatic rings. The standard InChI is InChI=1S/C12H17N3O2S/c1-2-10-8-14(5-6-18-10)12-4-3-9(15(16)17)7-11(12)13/h3-4,7,10H,2,5-6,8,13H2,1H3. The maximum absolute atomic E-state index is 10.7. The van der Waals surface area contributed by atoms with Crippen LogP contribution in [0.5, 0.6) is 0 Å². The number of benzene rings is 1. The van der Waals surface area contributed by atoms with Gasteiger partial charge in [0.05, 0.1) is 16.3 Å². The van der Waals surface area contributed by atoms with Crippen molar-refractivity contribution in [3.63, 3.8) is 0 Å². The fourth-order valence-electron chi connectivity index (χ4n) is 2.13. The summed E-state index contributed by atoms with van der Waals surface area (Å²) in [6, 6.07) is 4.72. The van der Waals surface area contributed by atoms with Gasteiger partial charge < -0.3 is 10.6 Å². The van der Waals surface area contributed by atoms with Gasteiger partial charge in [0, 0.05) is 36.2 Å². The third-order valence-electron chi connectivity index (χ3n) is 3.16. The van der Waals surface area contributed by atoms with Gasteiger partial charge in [-0.25, -0.2) is 0 Å². The number of hydrogen-bond acceptors (Lipinski definition) is 5. The summed E-state index contributed by atoms with van der Waals surface area (Å²) in [6.45, 7) is 4.09. The maximum Gasteiger partial charge on any atom is 0.271 e. The first-order valence-electron chi connectivity index (χ1n) is 6.02. The molecule has 18 heavy (non-hydrogen) atoms. The molecule has 1 aliphatic rings. The Morgan fingerprint density at radius 2 is 2.39 bits per heavy atom. The van der Waals surface area contributed by atoms with E-state index in [1.165, 1.54) is 12.1 Å². The maximum atomic E-state index is 10.7. The van der Waals surface area contributed by atoms with Crippen molar-refractivity contribution in [2.75, 3.05) is 29.5 Å². The van der Waals surface area contributed by atoms with Crippen LogP contribution in [0.25, 0.3) is 0 Å². The van der Waals surface area contributed by atoms with Crippen LogP contribution in [0.3, 0.4) is 0 Å². The van der Waals surface area contributed by atoms with E-state index in [4.69, 9.17) is 5.73 Å². The lowest BCUT2D eigenvalue weighted by Gasteiger charge is -2.34. The molecule has 0 aromatic heterocycles. The molecule has 0 amide bonds. The lowest BCUT2D eigenvalue weighted by atomic mass is 10.2. The smallest absolute Gasteiger partial charge is 0.271 e. The van der Waals surface area contributed by atoms with E-state index in [9.17, 15) is 10.1 Å². The van der Waals surface area contributed by atoms with E-state index in [1.54, 1.807) is 6.07 Å². The second-order valence-electron chi connectivity index (χ2n) is 4.35. The highest BCUT2D eigenvalue weighted by atomic mass is 32.2. The first-order valence-corrected chi connectivity index (χ1v) is 7.07. The van der Waals surface area contributed by atoms with Gasteiger partial charge in [0.1, 0.15) is 0 Å². The first kappa shape index (κ1) is 13.0. The minimum atomic E-state index is -0.416. The third-order valence-corrected chi connectivity index (χ3v) is 4.53. The molecule has 1 unspecified atom stereocenters. The average molecular weight is 267 g/mol. The molecule has 1 heterocycles. The van der Waals surface area contributed by atoms with Crippen LogP contribution in [0.15, 0.2) is 18.2 Å². The molecule has 1 fully saturated rings. The van der Waals surface area contributed by atoms with Crippen molar-refractivity contribution in [3.8, 4) is 0 Å². The van der Waals surface area contributed by atoms with Crippen LogP contribution in [0, 0.1) is 10.1 Å². The Morgan fingerprint density at radius 1 is 1.61 bits per heavy atom. The van der Waals surface area contributed by atoms with Crippen molar-refractivity contribution in [3.05, 3.63) is 28.3 Å². The van der Waals surface area contributed by atoms with Crippen LogP contribution in [-0.4, -0.2) is 29.0 Å². The molecule has 0 radical (unpaired) electrons. The number of nitro groups is 1. The lowest BCUT2D eigenvalue weighted by molar-refractivity contribution is -0.384. The van der Waals surface area contributed by atoms with Crippen molar-refractivity contribution in [2.24, 2.45) is 0 Å². The summed E-state index contributed by atoms with van der Waals surface area (Å²) in [5.74, 6) is 1.08. The minimum Gasteiger partial charge on any atom is -0.397 e. The zero-order valence-electron chi connectivity index (χ0n) is 10.3. The number of nitrogens with zero attached hydrogens (tertiary/aromatic N) is 2. The van der Waals surface area contributed by atoms with Gasteiger partial charge in [0.2, 0.25) is 0 Å². The Hall–Kier alpha value is -1.43. The van der Waals surface area contributed by atoms with E-state index >= 15 is 0 Å². The monoisotopic (exact) mass is 267 g/mol. The Morgan fingerprint density at radius 3 is 3.00 bits per heavy atom. The summed E-state index contributed by atoms with van der Waals surface area (Å²) in [6.07, 6.45) is 1.13. The van der Waals surface area contributed by atoms with Gasteiger partial charge in [-0.15, -0.1) is 0 Å². The Balaban J connectivity index is 2.20. The van der Waals surface area contributed by atoms with Crippen LogP contribution in [0.4, 0.5) is 17.1 Å². The number of hydrogen-bond donors (Lipinski definition) is 1. The molecule has 0 spiro atoms. The number of nitrogens with two attached hydrogens (primary N) is 1. The highest BCUT2D eigenvalue weighted by Gasteiger charge is 2.21. The number of rotatable bonds is 3. The largest absolute Gasteiger partial charge is 0.397 e. The van der Waals surface area contributed by atoms with E-state index in [2.05, 4.69) is 11.8 Å². The fourth-order valence-corrected chi connectivity index (χ4v) is 3.31. The van der Waals surface area contributed by atoms with Gasteiger partial charge in [-0.3, -0.25) is 10.1 Å². The van der Waals surface area contributed by atoms with Gasteiger partial charge in [0.15, 0.2) is 0 Å². The third kappa shape index (κ3) is 2.69. The van der Waals surface area contributed by atoms with Crippen LogP contribution in [0.2, 0.25) is 0 Å². The van der Waals surface area contributed by atoms with Gasteiger partial charge in [0.25, 0.3) is 5.69 Å². The molecule has 1 atom stereocenters. The van der Waals surface area contributed by atoms with Crippen molar-refractivity contribution >= 4 is 28.8 Å². The summed E-state index contributed by atoms with van der Waals surface area (Å²) in [4.78, 5) is 12.5. The molecule has 98 valence electrons. The number of anilines is 2. The molecule has 1 aromatic carbocycles. The van der Waals surface area contributed by atoms with Crippen molar-refractivity contribution in [1.29, 1.82) is 0 Å². The van der Waals surface area contributed by atoms with E-state index in [-0.39, 0.29) is 5.69 Å². The zero-order chi connectivity index (χ0) is 13.1. The minimum absolute atomic E-state index is 0.0506. The quantitative estimate of drug-likeness (QED) is 0.517. The molecule has 2 rings (SSSR count). The molecule has 2 N–H and O–H groups in total. The van der Waals surface area contributed by atoms with Gasteiger partial charge in [-0.2, -0.15) is 11.8 Å². The van der Waals surface area contributed by atoms with Crippen molar-refractivity contribution in [1.82, 2.24) is 0 Å². The van der Waals surface area contributed by atoms with E-state index in [0.717, 1.165) is 31.0 Å². The van der Waals surface area contributed by atoms with E-state index < -0.39 is 4.92 Å². The van der Waals surface area contributed by atoms with Gasteiger partial charge >= 0.3 is 0 Å². The number of nitro benzene ring substituents is 1. The van der Waals surface area contributed by atoms with Crippen molar-refractivity contribution in [2.45, 2.75) is 18.6 Å². The normalized spacial score (nSPS) is 19.8. The molecular weight excluding hydrogens is 250 g/mol. The topological polar surface area (TPSA) is 72.4 Å². The Kier molecular flexibility index (Phi) is 3.96. The molecule has 0 bridgehead atoms. The van der Waals surface area contributed by atoms with E-state index in [0.29, 0.717) is 10.9 Å². The van der Waals surface area contributed by atoms with Crippen LogP contribution in [0.1, 0.15) is 13.3 Å². The summed E-state index contributed by atoms with van der Waals surface area (Å²) < 4.78 is 0. The lowest BCUT2D eigenvalue weighted by Crippen LogP contribution is -2.37. The van der Waals surface area contributed by atoms with Gasteiger partial charge in [-0.05, 0) is 12.5 Å². The highest BCUT2D eigenvalue weighted by Crippen LogP contribution is 2.31. The van der Waals surface area contributed by atoms with Crippen molar-refractivity contribution < 1.29 is 4.92 Å². The summed E-state index contributed by atoms with van der Waals surface area (Å²) in [5, 5.41) is 11.3. The molecular formula is C12H17N3O2S. The predicted molar refractivity (Wildman–Crippen MR) is 76.3 cm³/mol. The molecule has 0 saturated carbocycles. The second kappa shape index (κ2) is 5.48. The van der Waals surface area contributed by atoms with Crippen LogP contribution in [-0.2, 0) is 0 Å². The SMILES string of the molecule is CCC1CN(c2ccc([N+](=O)[O-])cc2N)CCS1. The highest BCUT2D eigenvalue weighted by molar-refractivity contribution is 8.00. The summed E-state index contributed by atoms with van der Waals surface area (Å²) in [7, 11) is 0. The predicted octanol–water partition coefficient (Wildman–Crippen LogP) is 2.51. The molecule has 1 saturated heterocycles. The number of nitrogen functional groups attached to an aromatic ring is 1. The first-order chi connectivity index (χ1) is 8.61. The Labute approximate surface area is 110 Å². The number of thioether (sulfide) groups is 1. The average Bonchev–Trinajstić information content (AvgIpc) is 2.38. The summed E-state index contributed by atoms with van der Waals surface area (Å²) >= 11 is 1.98. The molecule has 1 aliphatic heterocycles. The fraction of sp³-hybridized carbons (Fsp3) is 0.500. The summed E-state index contributed by atoms with van der Waals surface area (Å²) in [5.41, 5.74) is 7.38. The zero-order valence-corrected chi connectivity index (χ0v) is 11.2. The van der Waals surface area contributed by atoms with Crippen LogP contribution >= 0.6 is 11.8 Å². The van der Waals surface area contributed by atoms with E-state index in [1.807, 2.05) is 11.8 Å². The molecule has 0 aliphatic carbocycles. The second-order valence-corrected chi connectivity index (χ2v) is 5.76. The van der Waals surface area contributed by atoms with Gasteiger partial charge in [-0.1, -0.05) is 6.92 Å². The molecule has 5 nitrogen and oxygen atoms in total. The van der Waals surface area contributed by atoms with Crippen LogP contribution < -0.4 is 10.6 Å². The Bertz CT molecular complexity index is 453. The molecule has 6 heteroatoms. The number of non-ortho nitro benzene ring substituents is 1.